The van der Waals surface area contributed by atoms with E-state index in [1.54, 1.807) is 0 Å². The molecule has 0 saturated carbocycles. The zero-order valence-electron chi connectivity index (χ0n) is 9.92. The fraction of sp³-hybridized carbons (Fsp3) is 0.462. The number of carbonyl (C=O) groups excluding carboxylic acids is 1. The molecule has 1 fully saturated rings. The second-order valence-electron chi connectivity index (χ2n) is 4.29. The molecule has 86 valence electrons. The highest BCUT2D eigenvalue weighted by Crippen LogP contribution is 2.23. The lowest BCUT2D eigenvalue weighted by Gasteiger charge is -2.23. The smallest absolute Gasteiger partial charge is 0.240 e. The van der Waals surface area contributed by atoms with Crippen LogP contribution in [0.3, 0.4) is 0 Å². The first-order valence-electron chi connectivity index (χ1n) is 5.77. The van der Waals surface area contributed by atoms with E-state index in [2.05, 4.69) is 25.2 Å². The van der Waals surface area contributed by atoms with E-state index in [4.69, 9.17) is 0 Å². The monoisotopic (exact) mass is 218 g/mol. The highest BCUT2D eigenvalue weighted by molar-refractivity contribution is 5.95. The van der Waals surface area contributed by atoms with E-state index in [1.807, 2.05) is 17.0 Å². The molecular weight excluding hydrogens is 200 g/mol. The van der Waals surface area contributed by atoms with Crippen molar-refractivity contribution in [2.24, 2.45) is 0 Å². The van der Waals surface area contributed by atoms with E-state index >= 15 is 0 Å². The molecular formula is C13H18N2O. The van der Waals surface area contributed by atoms with Gasteiger partial charge >= 0.3 is 0 Å². The number of carbonyl (C=O) groups is 1. The largest absolute Gasteiger partial charge is 0.311 e. The summed E-state index contributed by atoms with van der Waals surface area (Å²) in [4.78, 5) is 13.8. The predicted molar refractivity (Wildman–Crippen MR) is 65.8 cm³/mol. The van der Waals surface area contributed by atoms with E-state index in [0.29, 0.717) is 6.54 Å². The summed E-state index contributed by atoms with van der Waals surface area (Å²) in [7, 11) is 0. The number of benzene rings is 1. The normalized spacial score (nSPS) is 17.4. The van der Waals surface area contributed by atoms with Crippen LogP contribution in [0.2, 0.25) is 0 Å². The van der Waals surface area contributed by atoms with Crippen molar-refractivity contribution < 1.29 is 4.79 Å². The Labute approximate surface area is 96.5 Å². The zero-order valence-corrected chi connectivity index (χ0v) is 9.92. The highest BCUT2D eigenvalue weighted by Gasteiger charge is 2.19. The van der Waals surface area contributed by atoms with Crippen LogP contribution in [0.5, 0.6) is 0 Å². The van der Waals surface area contributed by atoms with Gasteiger partial charge in [-0.25, -0.2) is 0 Å². The number of nitrogens with zero attached hydrogens (tertiary/aromatic N) is 1. The number of rotatable bonds is 1. The van der Waals surface area contributed by atoms with Gasteiger partial charge in [-0.15, -0.1) is 0 Å². The first-order valence-corrected chi connectivity index (χ1v) is 5.77. The molecule has 1 heterocycles. The van der Waals surface area contributed by atoms with Gasteiger partial charge in [-0.1, -0.05) is 12.1 Å². The summed E-state index contributed by atoms with van der Waals surface area (Å²) in [6.07, 6.45) is 1.01. The van der Waals surface area contributed by atoms with Gasteiger partial charge < -0.3 is 10.2 Å². The molecule has 0 unspecified atom stereocenters. The lowest BCUT2D eigenvalue weighted by Crippen LogP contribution is -2.35. The standard InChI is InChI=1S/C13H18N2O/c1-10-5-3-6-12(11(10)2)15-8-4-7-14-9-13(15)16/h3,5-6,14H,4,7-9H2,1-2H3. The first-order chi connectivity index (χ1) is 7.70. The third kappa shape index (κ3) is 2.09. The molecule has 0 aromatic heterocycles. The van der Waals surface area contributed by atoms with E-state index in [0.717, 1.165) is 25.2 Å². The van der Waals surface area contributed by atoms with Crippen LogP contribution in [0.15, 0.2) is 18.2 Å². The molecule has 1 aromatic carbocycles. The lowest BCUT2D eigenvalue weighted by atomic mass is 10.1. The van der Waals surface area contributed by atoms with Crippen molar-refractivity contribution in [3.8, 4) is 0 Å². The molecule has 1 saturated heterocycles. The second-order valence-corrected chi connectivity index (χ2v) is 4.29. The van der Waals surface area contributed by atoms with E-state index in [1.165, 1.54) is 11.1 Å². The molecule has 1 aliphatic heterocycles. The molecule has 0 spiro atoms. The van der Waals surface area contributed by atoms with Crippen molar-refractivity contribution in [2.45, 2.75) is 20.3 Å². The third-order valence-corrected chi connectivity index (χ3v) is 3.18. The molecule has 3 nitrogen and oxygen atoms in total. The van der Waals surface area contributed by atoms with Crippen LogP contribution < -0.4 is 10.2 Å². The Hall–Kier alpha value is -1.35. The van der Waals surface area contributed by atoms with Crippen LogP contribution >= 0.6 is 0 Å². The number of hydrogen-bond acceptors (Lipinski definition) is 2. The molecule has 0 radical (unpaired) electrons. The Morgan fingerprint density at radius 2 is 2.12 bits per heavy atom. The number of nitrogens with one attached hydrogen (secondary N) is 1. The summed E-state index contributed by atoms with van der Waals surface area (Å²) in [5.41, 5.74) is 3.51. The highest BCUT2D eigenvalue weighted by atomic mass is 16.2. The topological polar surface area (TPSA) is 32.3 Å². The van der Waals surface area contributed by atoms with Crippen molar-refractivity contribution in [1.82, 2.24) is 5.32 Å². The molecule has 0 atom stereocenters. The minimum Gasteiger partial charge on any atom is -0.311 e. The van der Waals surface area contributed by atoms with Crippen LogP contribution in [0.1, 0.15) is 17.5 Å². The molecule has 3 heteroatoms. The number of amides is 1. The molecule has 1 aromatic rings. The minimum atomic E-state index is 0.172. The quantitative estimate of drug-likeness (QED) is 0.777. The van der Waals surface area contributed by atoms with E-state index in [-0.39, 0.29) is 5.91 Å². The zero-order chi connectivity index (χ0) is 11.5. The van der Waals surface area contributed by atoms with Crippen molar-refractivity contribution in [3.05, 3.63) is 29.3 Å². The Morgan fingerprint density at radius 1 is 1.31 bits per heavy atom. The first kappa shape index (κ1) is 11.1. The fourth-order valence-corrected chi connectivity index (χ4v) is 2.06. The third-order valence-electron chi connectivity index (χ3n) is 3.18. The van der Waals surface area contributed by atoms with Crippen LogP contribution in [0.4, 0.5) is 5.69 Å². The Kier molecular flexibility index (Phi) is 3.25. The van der Waals surface area contributed by atoms with Gasteiger partial charge in [-0.05, 0) is 44.0 Å². The van der Waals surface area contributed by atoms with Gasteiger partial charge in [0, 0.05) is 12.2 Å². The van der Waals surface area contributed by atoms with Gasteiger partial charge in [-0.3, -0.25) is 4.79 Å². The Balaban J connectivity index is 2.34. The molecule has 0 bridgehead atoms. The molecule has 1 amide bonds. The number of anilines is 1. The molecule has 16 heavy (non-hydrogen) atoms. The maximum atomic E-state index is 11.9. The Bertz CT molecular complexity index is 401. The summed E-state index contributed by atoms with van der Waals surface area (Å²) in [5, 5.41) is 3.14. The summed E-state index contributed by atoms with van der Waals surface area (Å²) in [5.74, 6) is 0.172. The molecule has 1 aliphatic rings. The lowest BCUT2D eigenvalue weighted by molar-refractivity contribution is -0.117. The summed E-state index contributed by atoms with van der Waals surface area (Å²) >= 11 is 0. The van der Waals surface area contributed by atoms with Crippen LogP contribution in [-0.2, 0) is 4.79 Å². The summed E-state index contributed by atoms with van der Waals surface area (Å²) in [6.45, 7) is 6.35. The van der Waals surface area contributed by atoms with Crippen LogP contribution in [0.25, 0.3) is 0 Å². The van der Waals surface area contributed by atoms with Crippen molar-refractivity contribution in [1.29, 1.82) is 0 Å². The van der Waals surface area contributed by atoms with Gasteiger partial charge in [0.1, 0.15) is 0 Å². The Morgan fingerprint density at radius 3 is 2.94 bits per heavy atom. The average Bonchev–Trinajstić information content (AvgIpc) is 2.47. The van der Waals surface area contributed by atoms with E-state index in [9.17, 15) is 4.79 Å². The SMILES string of the molecule is Cc1cccc(N2CCCNCC2=O)c1C. The van der Waals surface area contributed by atoms with Gasteiger partial charge in [0.2, 0.25) is 5.91 Å². The fourth-order valence-electron chi connectivity index (χ4n) is 2.06. The second kappa shape index (κ2) is 4.66. The van der Waals surface area contributed by atoms with Crippen LogP contribution in [-0.4, -0.2) is 25.5 Å². The van der Waals surface area contributed by atoms with Gasteiger partial charge in [-0.2, -0.15) is 0 Å². The molecule has 2 rings (SSSR count). The van der Waals surface area contributed by atoms with Gasteiger partial charge in [0.05, 0.1) is 6.54 Å². The maximum absolute atomic E-state index is 11.9. The van der Waals surface area contributed by atoms with Gasteiger partial charge in [0.15, 0.2) is 0 Å². The van der Waals surface area contributed by atoms with Crippen molar-refractivity contribution >= 4 is 11.6 Å². The van der Waals surface area contributed by atoms with Crippen LogP contribution in [0, 0.1) is 13.8 Å². The maximum Gasteiger partial charge on any atom is 0.240 e. The summed E-state index contributed by atoms with van der Waals surface area (Å²) in [6, 6.07) is 6.13. The average molecular weight is 218 g/mol. The van der Waals surface area contributed by atoms with Gasteiger partial charge in [0.25, 0.3) is 0 Å². The molecule has 0 aliphatic carbocycles. The predicted octanol–water partition coefficient (Wildman–Crippen LogP) is 1.63. The number of aryl methyl sites for hydroxylation is 1. The summed E-state index contributed by atoms with van der Waals surface area (Å²) < 4.78 is 0. The van der Waals surface area contributed by atoms with E-state index < -0.39 is 0 Å². The van der Waals surface area contributed by atoms with Crippen molar-refractivity contribution in [3.63, 3.8) is 0 Å². The minimum absolute atomic E-state index is 0.172. The molecule has 1 N–H and O–H groups in total. The van der Waals surface area contributed by atoms with Crippen molar-refractivity contribution in [2.75, 3.05) is 24.5 Å². The number of hydrogen-bond donors (Lipinski definition) is 1.